The molecule has 0 aliphatic carbocycles. The summed E-state index contributed by atoms with van der Waals surface area (Å²) in [5, 5.41) is 6.04. The van der Waals surface area contributed by atoms with Crippen molar-refractivity contribution < 1.29 is 4.42 Å². The number of hydrogen-bond donors (Lipinski definition) is 1. The molecule has 0 aliphatic heterocycles. The number of benzene rings is 3. The largest absolute Gasteiger partial charge is 0.460 e. The van der Waals surface area contributed by atoms with Crippen LogP contribution in [0.2, 0.25) is 0 Å². The van der Waals surface area contributed by atoms with Crippen LogP contribution >= 0.6 is 0 Å². The lowest BCUT2D eigenvalue weighted by Gasteiger charge is -2.00. The standard InChI is InChI=1S/C22H17NO.C2H6/c1-3-6-15-13(2)24-22-17(15)10-9-14-11-21-19(12-18(14)22)16-7-4-5-8-20(16)23-21;1-2/h3-12,23H,1-2H3;1-2H3/b6-3-;. The number of hydrogen-bond acceptors (Lipinski definition) is 1. The highest BCUT2D eigenvalue weighted by Crippen LogP contribution is 2.36. The molecule has 0 fully saturated rings. The molecule has 3 aromatic carbocycles. The van der Waals surface area contributed by atoms with Crippen molar-refractivity contribution in [3.8, 4) is 0 Å². The molecule has 0 spiro atoms. The van der Waals surface area contributed by atoms with E-state index in [1.54, 1.807) is 0 Å². The normalized spacial score (nSPS) is 11.7. The number of para-hydroxylation sites is 1. The highest BCUT2D eigenvalue weighted by atomic mass is 16.3. The Labute approximate surface area is 153 Å². The topological polar surface area (TPSA) is 28.9 Å². The highest BCUT2D eigenvalue weighted by molar-refractivity contribution is 6.17. The average molecular weight is 341 g/mol. The van der Waals surface area contributed by atoms with Crippen LogP contribution < -0.4 is 0 Å². The van der Waals surface area contributed by atoms with Crippen LogP contribution in [-0.4, -0.2) is 4.98 Å². The minimum atomic E-state index is 0.967. The lowest BCUT2D eigenvalue weighted by atomic mass is 10.0. The zero-order chi connectivity index (χ0) is 18.3. The molecule has 0 saturated heterocycles. The van der Waals surface area contributed by atoms with Gasteiger partial charge in [0.2, 0.25) is 0 Å². The summed E-state index contributed by atoms with van der Waals surface area (Å²) in [7, 11) is 0. The second kappa shape index (κ2) is 6.38. The number of aromatic amines is 1. The number of nitrogens with one attached hydrogen (secondary N) is 1. The predicted molar refractivity (Wildman–Crippen MR) is 114 cm³/mol. The Morgan fingerprint density at radius 1 is 0.846 bits per heavy atom. The van der Waals surface area contributed by atoms with Gasteiger partial charge in [0.05, 0.1) is 0 Å². The third-order valence-corrected chi connectivity index (χ3v) is 4.85. The maximum Gasteiger partial charge on any atom is 0.142 e. The summed E-state index contributed by atoms with van der Waals surface area (Å²) in [4.78, 5) is 3.51. The van der Waals surface area contributed by atoms with Crippen LogP contribution in [0.1, 0.15) is 32.1 Å². The van der Waals surface area contributed by atoms with E-state index in [4.69, 9.17) is 4.42 Å². The monoisotopic (exact) mass is 341 g/mol. The fourth-order valence-electron chi connectivity index (χ4n) is 3.74. The maximum absolute atomic E-state index is 6.14. The molecule has 2 aromatic heterocycles. The van der Waals surface area contributed by atoms with Crippen molar-refractivity contribution in [3.05, 3.63) is 65.9 Å². The van der Waals surface area contributed by atoms with Crippen molar-refractivity contribution >= 4 is 49.6 Å². The number of H-pyrrole nitrogens is 1. The number of fused-ring (bicyclic) bond motifs is 6. The zero-order valence-corrected chi connectivity index (χ0v) is 15.7. The molecule has 0 radical (unpaired) electrons. The molecule has 2 heteroatoms. The quantitative estimate of drug-likeness (QED) is 0.334. The van der Waals surface area contributed by atoms with Gasteiger partial charge in [-0.15, -0.1) is 0 Å². The van der Waals surface area contributed by atoms with Crippen LogP contribution in [-0.2, 0) is 0 Å². The van der Waals surface area contributed by atoms with Crippen LogP contribution in [0.15, 0.2) is 59.0 Å². The van der Waals surface area contributed by atoms with Crippen molar-refractivity contribution in [2.24, 2.45) is 0 Å². The van der Waals surface area contributed by atoms with Gasteiger partial charge in [-0.3, -0.25) is 0 Å². The van der Waals surface area contributed by atoms with Crippen molar-refractivity contribution in [3.63, 3.8) is 0 Å². The van der Waals surface area contributed by atoms with E-state index in [1.165, 1.54) is 43.5 Å². The van der Waals surface area contributed by atoms with E-state index in [0.29, 0.717) is 0 Å². The predicted octanol–water partition coefficient (Wildman–Crippen LogP) is 7.59. The van der Waals surface area contributed by atoms with E-state index >= 15 is 0 Å². The van der Waals surface area contributed by atoms with Gasteiger partial charge in [-0.2, -0.15) is 0 Å². The fraction of sp³-hybridized carbons (Fsp3) is 0.167. The lowest BCUT2D eigenvalue weighted by molar-refractivity contribution is 0.580. The molecule has 1 N–H and O–H groups in total. The summed E-state index contributed by atoms with van der Waals surface area (Å²) < 4.78 is 6.14. The van der Waals surface area contributed by atoms with Crippen LogP contribution in [0.25, 0.3) is 49.6 Å². The van der Waals surface area contributed by atoms with E-state index in [1.807, 2.05) is 27.7 Å². The molecule has 130 valence electrons. The lowest BCUT2D eigenvalue weighted by Crippen LogP contribution is -1.77. The van der Waals surface area contributed by atoms with E-state index < -0.39 is 0 Å². The molecule has 2 heterocycles. The number of allylic oxidation sites excluding steroid dienone is 1. The van der Waals surface area contributed by atoms with Gasteiger partial charge in [-0.25, -0.2) is 0 Å². The third kappa shape index (κ3) is 2.33. The van der Waals surface area contributed by atoms with Gasteiger partial charge in [0.15, 0.2) is 0 Å². The number of aryl methyl sites for hydroxylation is 1. The Bertz CT molecular complexity index is 1270. The Morgan fingerprint density at radius 3 is 2.46 bits per heavy atom. The first-order valence-corrected chi connectivity index (χ1v) is 9.25. The van der Waals surface area contributed by atoms with Gasteiger partial charge < -0.3 is 9.40 Å². The molecule has 0 amide bonds. The fourth-order valence-corrected chi connectivity index (χ4v) is 3.74. The summed E-state index contributed by atoms with van der Waals surface area (Å²) in [6.45, 7) is 8.07. The molecule has 0 aliphatic rings. The summed E-state index contributed by atoms with van der Waals surface area (Å²) >= 11 is 0. The van der Waals surface area contributed by atoms with Gasteiger partial charge in [0.25, 0.3) is 0 Å². The van der Waals surface area contributed by atoms with E-state index in [0.717, 1.165) is 11.3 Å². The second-order valence-electron chi connectivity index (χ2n) is 6.30. The Kier molecular flexibility index (Phi) is 4.04. The maximum atomic E-state index is 6.14. The minimum absolute atomic E-state index is 0.967. The van der Waals surface area contributed by atoms with Crippen LogP contribution in [0.4, 0.5) is 0 Å². The smallest absolute Gasteiger partial charge is 0.142 e. The number of rotatable bonds is 1. The number of aromatic nitrogens is 1. The SMILES string of the molecule is C/C=C\c1c(C)oc2c1ccc1cc3[nH]c4ccccc4c3cc12.CC. The second-order valence-corrected chi connectivity index (χ2v) is 6.30. The Balaban J connectivity index is 0.000000814. The molecular weight excluding hydrogens is 318 g/mol. The molecular formula is C24H23NO. The molecule has 5 rings (SSSR count). The first-order chi connectivity index (χ1) is 12.8. The van der Waals surface area contributed by atoms with Gasteiger partial charge >= 0.3 is 0 Å². The van der Waals surface area contributed by atoms with Crippen LogP contribution in [0.3, 0.4) is 0 Å². The summed E-state index contributed by atoms with van der Waals surface area (Å²) in [5.74, 6) is 0.967. The Morgan fingerprint density at radius 2 is 1.65 bits per heavy atom. The summed E-state index contributed by atoms with van der Waals surface area (Å²) in [6.07, 6.45) is 4.18. The van der Waals surface area contributed by atoms with Gasteiger partial charge in [-0.1, -0.05) is 50.3 Å². The van der Waals surface area contributed by atoms with Gasteiger partial charge in [-0.05, 0) is 43.5 Å². The van der Waals surface area contributed by atoms with Crippen LogP contribution in [0, 0.1) is 6.92 Å². The average Bonchev–Trinajstić information content (AvgIpc) is 3.19. The minimum Gasteiger partial charge on any atom is -0.460 e. The molecule has 5 aromatic rings. The van der Waals surface area contributed by atoms with E-state index in [9.17, 15) is 0 Å². The molecule has 26 heavy (non-hydrogen) atoms. The number of furan rings is 1. The van der Waals surface area contributed by atoms with Crippen LogP contribution in [0.5, 0.6) is 0 Å². The van der Waals surface area contributed by atoms with Crippen molar-refractivity contribution in [2.75, 3.05) is 0 Å². The highest BCUT2D eigenvalue weighted by Gasteiger charge is 2.13. The molecule has 0 unspecified atom stereocenters. The van der Waals surface area contributed by atoms with Gasteiger partial charge in [0.1, 0.15) is 11.3 Å². The van der Waals surface area contributed by atoms with Crippen molar-refractivity contribution in [2.45, 2.75) is 27.7 Å². The molecule has 2 nitrogen and oxygen atoms in total. The summed E-state index contributed by atoms with van der Waals surface area (Å²) in [5.41, 5.74) is 4.49. The zero-order valence-electron chi connectivity index (χ0n) is 15.7. The van der Waals surface area contributed by atoms with E-state index in [-0.39, 0.29) is 0 Å². The van der Waals surface area contributed by atoms with Gasteiger partial charge in [0, 0.05) is 38.1 Å². The molecule has 0 atom stereocenters. The first-order valence-electron chi connectivity index (χ1n) is 9.25. The third-order valence-electron chi connectivity index (χ3n) is 4.85. The molecule has 0 saturated carbocycles. The van der Waals surface area contributed by atoms with Crippen molar-refractivity contribution in [1.29, 1.82) is 0 Å². The summed E-state index contributed by atoms with van der Waals surface area (Å²) in [6, 6.07) is 17.3. The Hall–Kier alpha value is -3.00. The first kappa shape index (κ1) is 16.5. The molecule has 0 bridgehead atoms. The van der Waals surface area contributed by atoms with Crippen molar-refractivity contribution in [1.82, 2.24) is 4.98 Å². The van der Waals surface area contributed by atoms with E-state index in [2.05, 4.69) is 65.7 Å².